The molecular weight excluding hydrogens is 429 g/mol. The van der Waals surface area contributed by atoms with Crippen molar-refractivity contribution in [3.05, 3.63) is 23.8 Å². The Bertz CT molecular complexity index is 613. The van der Waals surface area contributed by atoms with Gasteiger partial charge in [-0.25, -0.2) is 0 Å². The molecular formula is C19H28IN3O2. The molecule has 25 heavy (non-hydrogen) atoms. The maximum absolute atomic E-state index is 5.55. The van der Waals surface area contributed by atoms with Crippen LogP contribution in [0.2, 0.25) is 0 Å². The number of nitrogens with zero attached hydrogens (tertiary/aromatic N) is 2. The molecule has 0 bridgehead atoms. The van der Waals surface area contributed by atoms with Crippen LogP contribution in [0.1, 0.15) is 25.3 Å². The summed E-state index contributed by atoms with van der Waals surface area (Å²) in [7, 11) is 3.45. The quantitative estimate of drug-likeness (QED) is 0.320. The van der Waals surface area contributed by atoms with Crippen molar-refractivity contribution in [3.8, 4) is 23.8 Å². The molecule has 1 unspecified atom stereocenters. The molecule has 1 atom stereocenters. The number of benzene rings is 1. The van der Waals surface area contributed by atoms with E-state index in [-0.39, 0.29) is 30.6 Å². The summed E-state index contributed by atoms with van der Waals surface area (Å²) in [5.74, 6) is 5.48. The van der Waals surface area contributed by atoms with Gasteiger partial charge in [-0.2, -0.15) is 0 Å². The first-order valence-electron chi connectivity index (χ1n) is 8.36. The zero-order valence-electron chi connectivity index (χ0n) is 15.2. The highest BCUT2D eigenvalue weighted by atomic mass is 127. The molecule has 1 aliphatic heterocycles. The van der Waals surface area contributed by atoms with E-state index in [1.807, 2.05) is 25.2 Å². The first-order valence-corrected chi connectivity index (χ1v) is 8.36. The van der Waals surface area contributed by atoms with Gasteiger partial charge in [0.2, 0.25) is 0 Å². The largest absolute Gasteiger partial charge is 0.493 e. The highest BCUT2D eigenvalue weighted by Crippen LogP contribution is 2.28. The van der Waals surface area contributed by atoms with Gasteiger partial charge in [-0.15, -0.1) is 30.4 Å². The second-order valence-electron chi connectivity index (χ2n) is 6.07. The first kappa shape index (κ1) is 21.4. The molecule has 1 heterocycles. The molecule has 1 aromatic rings. The van der Waals surface area contributed by atoms with Gasteiger partial charge in [-0.05, 0) is 36.5 Å². The fourth-order valence-electron chi connectivity index (χ4n) is 2.96. The summed E-state index contributed by atoms with van der Waals surface area (Å²) in [4.78, 5) is 6.74. The number of halogens is 1. The van der Waals surface area contributed by atoms with E-state index in [1.54, 1.807) is 7.11 Å². The third kappa shape index (κ3) is 6.31. The first-order chi connectivity index (χ1) is 11.7. The Hall–Kier alpha value is -1.62. The van der Waals surface area contributed by atoms with Crippen LogP contribution in [0.4, 0.5) is 0 Å². The smallest absolute Gasteiger partial charge is 0.193 e. The number of piperidine rings is 1. The Morgan fingerprint density at radius 3 is 2.88 bits per heavy atom. The average Bonchev–Trinajstić information content (AvgIpc) is 2.60. The van der Waals surface area contributed by atoms with Crippen molar-refractivity contribution >= 4 is 29.9 Å². The van der Waals surface area contributed by atoms with Crippen molar-refractivity contribution in [1.82, 2.24) is 10.2 Å². The van der Waals surface area contributed by atoms with Crippen LogP contribution in [0.5, 0.6) is 11.5 Å². The van der Waals surface area contributed by atoms with Crippen LogP contribution < -0.4 is 14.8 Å². The lowest BCUT2D eigenvalue weighted by molar-refractivity contribution is 0.266. The second kappa shape index (κ2) is 11.1. The zero-order valence-corrected chi connectivity index (χ0v) is 17.6. The Kier molecular flexibility index (Phi) is 9.50. The Morgan fingerprint density at radius 1 is 1.44 bits per heavy atom. The summed E-state index contributed by atoms with van der Waals surface area (Å²) in [6.07, 6.45) is 7.78. The van der Waals surface area contributed by atoms with Crippen LogP contribution in [0.3, 0.4) is 0 Å². The maximum Gasteiger partial charge on any atom is 0.193 e. The average molecular weight is 457 g/mol. The molecule has 0 radical (unpaired) electrons. The second-order valence-corrected chi connectivity index (χ2v) is 6.07. The molecule has 0 spiro atoms. The molecule has 2 rings (SSSR count). The molecule has 0 saturated carbocycles. The van der Waals surface area contributed by atoms with Crippen molar-refractivity contribution in [2.75, 3.05) is 33.9 Å². The lowest BCUT2D eigenvalue weighted by Crippen LogP contribution is -2.45. The molecule has 5 nitrogen and oxygen atoms in total. The van der Waals surface area contributed by atoms with Gasteiger partial charge in [-0.1, -0.05) is 18.9 Å². The van der Waals surface area contributed by atoms with Crippen LogP contribution in [0.15, 0.2) is 23.2 Å². The van der Waals surface area contributed by atoms with Gasteiger partial charge in [0.1, 0.15) is 6.61 Å². The number of nitrogens with one attached hydrogen (secondary N) is 1. The standard InChI is InChI=1S/C19H27N3O2.HI/c1-5-11-24-18-12-16(8-9-17(18)23-4)13-21-19(20-3)22-10-6-7-15(2)14-22;/h1,8-9,12,15H,6-7,10-11,13-14H2,2-4H3,(H,20,21);1H. The third-order valence-corrected chi connectivity index (χ3v) is 4.16. The SMILES string of the molecule is C#CCOc1cc(CNC(=NC)N2CCCC(C)C2)ccc1OC.I. The number of rotatable bonds is 5. The van der Waals surface area contributed by atoms with E-state index in [1.165, 1.54) is 12.8 Å². The number of terminal acetylenes is 1. The third-order valence-electron chi connectivity index (χ3n) is 4.16. The van der Waals surface area contributed by atoms with Crippen molar-refractivity contribution in [1.29, 1.82) is 0 Å². The number of hydrogen-bond acceptors (Lipinski definition) is 3. The van der Waals surface area contributed by atoms with E-state index in [0.29, 0.717) is 24.0 Å². The normalized spacial score (nSPS) is 17.3. The molecule has 1 saturated heterocycles. The zero-order chi connectivity index (χ0) is 17.4. The Balaban J connectivity index is 0.00000312. The van der Waals surface area contributed by atoms with E-state index in [0.717, 1.165) is 24.6 Å². The summed E-state index contributed by atoms with van der Waals surface area (Å²) in [6, 6.07) is 5.87. The summed E-state index contributed by atoms with van der Waals surface area (Å²) >= 11 is 0. The van der Waals surface area contributed by atoms with Crippen molar-refractivity contribution < 1.29 is 9.47 Å². The minimum atomic E-state index is 0. The van der Waals surface area contributed by atoms with Crippen molar-refractivity contribution in [2.24, 2.45) is 10.9 Å². The predicted molar refractivity (Wildman–Crippen MR) is 113 cm³/mol. The predicted octanol–water partition coefficient (Wildman–Crippen LogP) is 3.13. The summed E-state index contributed by atoms with van der Waals surface area (Å²) in [5.41, 5.74) is 1.09. The minimum Gasteiger partial charge on any atom is -0.493 e. The van der Waals surface area contributed by atoms with Crippen LogP contribution in [-0.2, 0) is 6.54 Å². The molecule has 0 aromatic heterocycles. The Morgan fingerprint density at radius 2 is 2.24 bits per heavy atom. The fourth-order valence-corrected chi connectivity index (χ4v) is 2.96. The summed E-state index contributed by atoms with van der Waals surface area (Å²) in [6.45, 7) is 5.30. The molecule has 1 aromatic carbocycles. The number of hydrogen-bond donors (Lipinski definition) is 1. The van der Waals surface area contributed by atoms with Gasteiger partial charge in [0.05, 0.1) is 7.11 Å². The minimum absolute atomic E-state index is 0. The van der Waals surface area contributed by atoms with Gasteiger partial charge >= 0.3 is 0 Å². The molecule has 138 valence electrons. The van der Waals surface area contributed by atoms with Gasteiger partial charge in [0.25, 0.3) is 0 Å². The van der Waals surface area contributed by atoms with Crippen LogP contribution in [-0.4, -0.2) is 44.7 Å². The fraction of sp³-hybridized carbons (Fsp3) is 0.526. The number of likely N-dealkylation sites (tertiary alicyclic amines) is 1. The molecule has 0 aliphatic carbocycles. The van der Waals surface area contributed by atoms with Crippen molar-refractivity contribution in [3.63, 3.8) is 0 Å². The number of ether oxygens (including phenoxy) is 2. The highest BCUT2D eigenvalue weighted by Gasteiger charge is 2.19. The molecule has 0 amide bonds. The van der Waals surface area contributed by atoms with E-state index >= 15 is 0 Å². The lowest BCUT2D eigenvalue weighted by Gasteiger charge is -2.33. The van der Waals surface area contributed by atoms with E-state index in [4.69, 9.17) is 15.9 Å². The van der Waals surface area contributed by atoms with Crippen molar-refractivity contribution in [2.45, 2.75) is 26.3 Å². The molecule has 1 fully saturated rings. The molecule has 6 heteroatoms. The Labute approximate surface area is 168 Å². The molecule has 1 N–H and O–H groups in total. The maximum atomic E-state index is 5.55. The van der Waals surface area contributed by atoms with Crippen LogP contribution in [0.25, 0.3) is 0 Å². The molecule has 1 aliphatic rings. The number of guanidine groups is 1. The van der Waals surface area contributed by atoms with Crippen LogP contribution in [0, 0.1) is 18.3 Å². The van der Waals surface area contributed by atoms with E-state index in [9.17, 15) is 0 Å². The van der Waals surface area contributed by atoms with Gasteiger partial charge < -0.3 is 19.7 Å². The van der Waals surface area contributed by atoms with E-state index < -0.39 is 0 Å². The number of aliphatic imine (C=N–C) groups is 1. The lowest BCUT2D eigenvalue weighted by atomic mass is 10.0. The van der Waals surface area contributed by atoms with Crippen LogP contribution >= 0.6 is 24.0 Å². The highest BCUT2D eigenvalue weighted by molar-refractivity contribution is 14.0. The number of methoxy groups -OCH3 is 1. The topological polar surface area (TPSA) is 46.1 Å². The van der Waals surface area contributed by atoms with Gasteiger partial charge in [0.15, 0.2) is 17.5 Å². The summed E-state index contributed by atoms with van der Waals surface area (Å²) < 4.78 is 10.9. The summed E-state index contributed by atoms with van der Waals surface area (Å²) in [5, 5.41) is 3.44. The van der Waals surface area contributed by atoms with Gasteiger partial charge in [-0.3, -0.25) is 4.99 Å². The van der Waals surface area contributed by atoms with E-state index in [2.05, 4.69) is 28.1 Å². The van der Waals surface area contributed by atoms with Gasteiger partial charge in [0, 0.05) is 26.7 Å². The monoisotopic (exact) mass is 457 g/mol.